The molecule has 9 nitrogen and oxygen atoms in total. The fourth-order valence-electron chi connectivity index (χ4n) is 3.80. The molecule has 2 aromatic rings. The molecule has 2 N–H and O–H groups in total. The topological polar surface area (TPSA) is 99.6 Å². The Morgan fingerprint density at radius 2 is 2.00 bits per heavy atom. The van der Waals surface area contributed by atoms with Gasteiger partial charge < -0.3 is 20.1 Å². The van der Waals surface area contributed by atoms with Crippen molar-refractivity contribution in [3.05, 3.63) is 46.5 Å². The largest absolute Gasteiger partial charge is 0.408 e. The van der Waals surface area contributed by atoms with Gasteiger partial charge in [-0.3, -0.25) is 14.5 Å². The molecule has 2 aliphatic heterocycles. The van der Waals surface area contributed by atoms with E-state index in [2.05, 4.69) is 10.3 Å². The third kappa shape index (κ3) is 3.99. The number of amides is 3. The number of pyridine rings is 2. The Labute approximate surface area is 180 Å². The summed E-state index contributed by atoms with van der Waals surface area (Å²) < 4.78 is 40.1. The van der Waals surface area contributed by atoms with Gasteiger partial charge in [-0.2, -0.15) is 13.2 Å². The van der Waals surface area contributed by atoms with E-state index in [0.717, 1.165) is 6.92 Å². The van der Waals surface area contributed by atoms with Gasteiger partial charge in [0, 0.05) is 38.6 Å². The minimum atomic E-state index is -4.59. The van der Waals surface area contributed by atoms with E-state index >= 15 is 0 Å². The quantitative estimate of drug-likeness (QED) is 0.746. The monoisotopic (exact) mass is 450 g/mol. The minimum absolute atomic E-state index is 0.0786. The maximum atomic E-state index is 13.1. The molecule has 0 saturated carbocycles. The Hall–Kier alpha value is -3.57. The number of halogens is 3. The van der Waals surface area contributed by atoms with Crippen molar-refractivity contribution in [3.8, 4) is 0 Å². The summed E-state index contributed by atoms with van der Waals surface area (Å²) in [4.78, 5) is 45.2. The van der Waals surface area contributed by atoms with Gasteiger partial charge in [-0.25, -0.2) is 9.78 Å². The predicted molar refractivity (Wildman–Crippen MR) is 111 cm³/mol. The highest BCUT2D eigenvalue weighted by atomic mass is 19.4. The van der Waals surface area contributed by atoms with Gasteiger partial charge in [0.25, 0.3) is 5.91 Å². The number of aromatic nitrogens is 2. The van der Waals surface area contributed by atoms with E-state index in [9.17, 15) is 27.6 Å². The maximum Gasteiger partial charge on any atom is 0.408 e. The van der Waals surface area contributed by atoms with E-state index in [0.29, 0.717) is 25.2 Å². The first kappa shape index (κ1) is 21.7. The lowest BCUT2D eigenvalue weighted by atomic mass is 10.1. The van der Waals surface area contributed by atoms with Crippen LogP contribution in [0.5, 0.6) is 0 Å². The van der Waals surface area contributed by atoms with Crippen LogP contribution in [-0.2, 0) is 7.05 Å². The molecule has 0 aliphatic carbocycles. The number of urea groups is 1. The fourth-order valence-corrected chi connectivity index (χ4v) is 3.80. The normalized spacial score (nSPS) is 18.2. The van der Waals surface area contributed by atoms with Crippen molar-refractivity contribution in [2.75, 3.05) is 28.2 Å². The summed E-state index contributed by atoms with van der Waals surface area (Å²) in [7, 11) is 1.70. The van der Waals surface area contributed by atoms with Gasteiger partial charge in [0.15, 0.2) is 5.82 Å². The molecular weight excluding hydrogens is 429 g/mol. The molecule has 2 aliphatic rings. The number of anilines is 3. The fraction of sp³-hybridized carbons (Fsp3) is 0.400. The Bertz CT molecular complexity index is 1130. The van der Waals surface area contributed by atoms with Gasteiger partial charge in [-0.05, 0) is 25.5 Å². The maximum absolute atomic E-state index is 13.1. The highest BCUT2D eigenvalue weighted by molar-refractivity contribution is 6.05. The lowest BCUT2D eigenvalue weighted by molar-refractivity contribution is -0.149. The molecule has 2 atom stereocenters. The van der Waals surface area contributed by atoms with Crippen LogP contribution in [0.3, 0.4) is 0 Å². The van der Waals surface area contributed by atoms with Gasteiger partial charge in [0.2, 0.25) is 5.43 Å². The molecule has 2 aromatic heterocycles. The number of hydrogen-bond acceptors (Lipinski definition) is 5. The zero-order chi connectivity index (χ0) is 23.2. The number of rotatable bonds is 3. The molecule has 0 aromatic carbocycles. The summed E-state index contributed by atoms with van der Waals surface area (Å²) in [6.07, 6.45) is -0.926. The lowest BCUT2D eigenvalue weighted by Gasteiger charge is -2.35. The first-order valence-electron chi connectivity index (χ1n) is 9.94. The average molecular weight is 450 g/mol. The predicted octanol–water partition coefficient (Wildman–Crippen LogP) is 2.09. The van der Waals surface area contributed by atoms with E-state index < -0.39 is 24.2 Å². The van der Waals surface area contributed by atoms with Crippen molar-refractivity contribution in [1.29, 1.82) is 0 Å². The Balaban J connectivity index is 1.65. The highest BCUT2D eigenvalue weighted by Gasteiger charge is 2.41. The third-order valence-corrected chi connectivity index (χ3v) is 5.54. The molecule has 0 radical (unpaired) electrons. The average Bonchev–Trinajstić information content (AvgIpc) is 3.14. The van der Waals surface area contributed by atoms with Crippen LogP contribution in [0.1, 0.15) is 23.8 Å². The molecule has 1 unspecified atom stereocenters. The number of nitrogens with zero attached hydrogens (tertiary/aromatic N) is 4. The van der Waals surface area contributed by atoms with E-state index in [-0.39, 0.29) is 28.7 Å². The molecule has 0 spiro atoms. The number of carbonyl (C=O) groups is 2. The Kier molecular flexibility index (Phi) is 5.31. The van der Waals surface area contributed by atoms with Gasteiger partial charge in [-0.15, -0.1) is 0 Å². The van der Waals surface area contributed by atoms with Crippen LogP contribution >= 0.6 is 0 Å². The van der Waals surface area contributed by atoms with Crippen LogP contribution in [0.15, 0.2) is 35.4 Å². The van der Waals surface area contributed by atoms with Crippen molar-refractivity contribution in [2.24, 2.45) is 7.05 Å². The molecule has 4 rings (SSSR count). The van der Waals surface area contributed by atoms with Crippen LogP contribution in [0.2, 0.25) is 0 Å². The van der Waals surface area contributed by atoms with Crippen molar-refractivity contribution in [1.82, 2.24) is 14.9 Å². The molecule has 4 heterocycles. The van der Waals surface area contributed by atoms with Crippen molar-refractivity contribution in [3.63, 3.8) is 0 Å². The standard InChI is InChI=1S/C20H21F3N6O3/c1-11(20(21,22)23)24-18(31)13-3-4-15-17(25-13)29(12-5-8-28(15)9-12)19(32)26-14-10-27(2)7-6-16(14)30/h3-4,6-7,10-12H,5,8-9H2,1-2H3,(H,24,31)(H,26,32)/t11-,12?/m1/s1. The van der Waals surface area contributed by atoms with Crippen LogP contribution in [-0.4, -0.2) is 52.8 Å². The number of fused-ring (bicyclic) bond motifs is 4. The summed E-state index contributed by atoms with van der Waals surface area (Å²) in [5.41, 5.74) is 0.0601. The molecule has 3 amide bonds. The number of nitrogens with one attached hydrogen (secondary N) is 2. The first-order chi connectivity index (χ1) is 15.0. The molecule has 32 heavy (non-hydrogen) atoms. The van der Waals surface area contributed by atoms with Crippen molar-refractivity contribution in [2.45, 2.75) is 31.6 Å². The molecule has 1 saturated heterocycles. The Morgan fingerprint density at radius 3 is 2.72 bits per heavy atom. The molecular formula is C20H21F3N6O3. The summed E-state index contributed by atoms with van der Waals surface area (Å²) >= 11 is 0. The van der Waals surface area contributed by atoms with E-state index in [1.165, 1.54) is 23.2 Å². The van der Waals surface area contributed by atoms with Crippen LogP contribution in [0.25, 0.3) is 0 Å². The van der Waals surface area contributed by atoms with Gasteiger partial charge in [-0.1, -0.05) is 0 Å². The summed E-state index contributed by atoms with van der Waals surface area (Å²) in [5, 5.41) is 4.47. The van der Waals surface area contributed by atoms with Gasteiger partial charge >= 0.3 is 12.2 Å². The van der Waals surface area contributed by atoms with Crippen LogP contribution in [0, 0.1) is 0 Å². The van der Waals surface area contributed by atoms with Crippen molar-refractivity contribution >= 4 is 29.1 Å². The Morgan fingerprint density at radius 1 is 1.25 bits per heavy atom. The third-order valence-electron chi connectivity index (χ3n) is 5.54. The minimum Gasteiger partial charge on any atom is -0.366 e. The zero-order valence-corrected chi connectivity index (χ0v) is 17.3. The SMILES string of the molecule is C[C@@H](NC(=O)c1ccc2c(n1)N(C(=O)Nc1cn(C)ccc1=O)C1CCN2C1)C(F)(F)F. The van der Waals surface area contributed by atoms with Gasteiger partial charge in [0.1, 0.15) is 17.4 Å². The molecule has 2 bridgehead atoms. The number of hydrogen-bond donors (Lipinski definition) is 2. The lowest BCUT2D eigenvalue weighted by Crippen LogP contribution is -2.49. The molecule has 12 heteroatoms. The number of alkyl halides is 3. The zero-order valence-electron chi connectivity index (χ0n) is 17.3. The number of carbonyl (C=O) groups excluding carboxylic acids is 2. The first-order valence-corrected chi connectivity index (χ1v) is 9.94. The second kappa shape index (κ2) is 7.84. The van der Waals surface area contributed by atoms with Crippen LogP contribution in [0.4, 0.5) is 35.2 Å². The summed E-state index contributed by atoms with van der Waals surface area (Å²) in [5.74, 6) is -0.834. The second-order valence-corrected chi connectivity index (χ2v) is 7.85. The second-order valence-electron chi connectivity index (χ2n) is 7.85. The smallest absolute Gasteiger partial charge is 0.366 e. The summed E-state index contributed by atoms with van der Waals surface area (Å²) in [6.45, 7) is 2.04. The van der Waals surface area contributed by atoms with E-state index in [1.807, 2.05) is 10.2 Å². The molecule has 170 valence electrons. The summed E-state index contributed by atoms with van der Waals surface area (Å²) in [6, 6.07) is 1.31. The van der Waals surface area contributed by atoms with Gasteiger partial charge in [0.05, 0.1) is 11.7 Å². The number of aryl methyl sites for hydroxylation is 1. The van der Waals surface area contributed by atoms with Crippen LogP contribution < -0.4 is 25.9 Å². The van der Waals surface area contributed by atoms with Crippen molar-refractivity contribution < 1.29 is 22.8 Å². The highest BCUT2D eigenvalue weighted by Crippen LogP contribution is 2.39. The molecule has 1 fully saturated rings. The van der Waals surface area contributed by atoms with E-state index in [1.54, 1.807) is 23.9 Å². The van der Waals surface area contributed by atoms with E-state index in [4.69, 9.17) is 0 Å².